The molecule has 0 aliphatic rings. The molecule has 0 aliphatic heterocycles. The summed E-state index contributed by atoms with van der Waals surface area (Å²) in [4.78, 5) is 24.7. The van der Waals surface area contributed by atoms with Crippen LogP contribution in [0.2, 0.25) is 0 Å². The molecule has 1 amide bonds. The number of allylic oxidation sites excluding steroid dienone is 2. The number of nitrogens with zero attached hydrogens (tertiary/aromatic N) is 1. The number of carboxylic acid groups (broad SMARTS) is 1. The molecule has 0 spiro atoms. The van der Waals surface area contributed by atoms with Gasteiger partial charge in [0.15, 0.2) is 0 Å². The fraction of sp³-hybridized carbons (Fsp3) is 0.840. The number of hydrogen-bond donors (Lipinski definition) is 2. The zero-order chi connectivity index (χ0) is 22.5. The van der Waals surface area contributed by atoms with E-state index in [4.69, 9.17) is 5.11 Å². The lowest BCUT2D eigenvalue weighted by atomic mass is 10.1. The summed E-state index contributed by atoms with van der Waals surface area (Å²) in [5, 5.41) is 12.1. The number of carboxylic acids is 1. The molecule has 0 radical (unpaired) electrons. The summed E-state index contributed by atoms with van der Waals surface area (Å²) < 4.78 is 0. The van der Waals surface area contributed by atoms with Crippen molar-refractivity contribution in [2.24, 2.45) is 0 Å². The van der Waals surface area contributed by atoms with Crippen molar-refractivity contribution in [3.8, 4) is 0 Å². The Kier molecular flexibility index (Phi) is 19.9. The van der Waals surface area contributed by atoms with Crippen molar-refractivity contribution in [3.63, 3.8) is 0 Å². The molecule has 30 heavy (non-hydrogen) atoms. The molecule has 0 saturated carbocycles. The van der Waals surface area contributed by atoms with Crippen LogP contribution in [-0.2, 0) is 9.59 Å². The minimum absolute atomic E-state index is 0.122. The lowest BCUT2D eigenvalue weighted by Gasteiger charge is -2.19. The minimum atomic E-state index is -0.780. The Morgan fingerprint density at radius 3 is 1.97 bits per heavy atom. The van der Waals surface area contributed by atoms with E-state index >= 15 is 0 Å². The maximum absolute atomic E-state index is 11.9. The van der Waals surface area contributed by atoms with Gasteiger partial charge in [-0.1, -0.05) is 64.0 Å². The van der Waals surface area contributed by atoms with E-state index in [9.17, 15) is 9.59 Å². The van der Waals surface area contributed by atoms with Crippen LogP contribution in [0.1, 0.15) is 110 Å². The van der Waals surface area contributed by atoms with Gasteiger partial charge in [-0.25, -0.2) is 0 Å². The molecule has 0 aliphatic carbocycles. The van der Waals surface area contributed by atoms with Crippen LogP contribution in [0.5, 0.6) is 0 Å². The first kappa shape index (κ1) is 28.6. The number of likely N-dealkylation sites (N-methyl/N-ethyl adjacent to an activating group) is 1. The highest BCUT2D eigenvalue weighted by atomic mass is 16.4. The van der Waals surface area contributed by atoms with Crippen molar-refractivity contribution in [1.82, 2.24) is 10.2 Å². The first-order valence-corrected chi connectivity index (χ1v) is 12.3. The summed E-state index contributed by atoms with van der Waals surface area (Å²) in [6, 6.07) is -0.439. The van der Waals surface area contributed by atoms with Gasteiger partial charge in [-0.05, 0) is 65.5 Å². The Morgan fingerprint density at radius 1 is 0.833 bits per heavy atom. The van der Waals surface area contributed by atoms with Crippen LogP contribution < -0.4 is 5.32 Å². The Morgan fingerprint density at radius 2 is 1.40 bits per heavy atom. The number of carbonyl (C=O) groups excluding carboxylic acids is 1. The molecule has 0 fully saturated rings. The molecular formula is C25H48N2O3. The molecule has 176 valence electrons. The van der Waals surface area contributed by atoms with Crippen LogP contribution >= 0.6 is 0 Å². The molecule has 5 nitrogen and oxygen atoms in total. The summed E-state index contributed by atoms with van der Waals surface area (Å²) in [6.45, 7) is 2.90. The van der Waals surface area contributed by atoms with Gasteiger partial charge in [0.2, 0.25) is 5.91 Å². The Bertz CT molecular complexity index is 450. The van der Waals surface area contributed by atoms with Gasteiger partial charge in [-0.15, -0.1) is 0 Å². The third-order valence-electron chi connectivity index (χ3n) is 5.55. The molecule has 0 bridgehead atoms. The second-order valence-electron chi connectivity index (χ2n) is 8.64. The molecule has 0 aromatic heterocycles. The predicted octanol–water partition coefficient (Wildman–Crippen LogP) is 5.94. The maximum Gasteiger partial charge on any atom is 0.320 e. The Labute approximate surface area is 185 Å². The number of amides is 1. The molecular weight excluding hydrogens is 376 g/mol. The lowest BCUT2D eigenvalue weighted by molar-refractivity contribution is -0.142. The van der Waals surface area contributed by atoms with E-state index in [0.717, 1.165) is 32.1 Å². The van der Waals surface area contributed by atoms with Crippen molar-refractivity contribution >= 4 is 11.9 Å². The molecule has 2 N–H and O–H groups in total. The molecule has 0 rings (SSSR count). The summed E-state index contributed by atoms with van der Waals surface area (Å²) in [5.41, 5.74) is 0. The second-order valence-corrected chi connectivity index (χ2v) is 8.64. The van der Waals surface area contributed by atoms with E-state index in [1.54, 1.807) is 19.0 Å². The topological polar surface area (TPSA) is 69.6 Å². The smallest absolute Gasteiger partial charge is 0.320 e. The first-order chi connectivity index (χ1) is 14.5. The molecule has 0 unspecified atom stereocenters. The standard InChI is InChI=1S/C25H48N2O3/c1-4-5-6-7-8-9-10-11-12-13-14-15-16-17-21-24(28)26-22-19-18-20-23(25(29)30)27(2)3/h11-12,23H,4-10,13-22H2,1-3H3,(H,26,28)(H,29,30)/b12-11+/t23-/m0/s1. The monoisotopic (exact) mass is 424 g/mol. The quantitative estimate of drug-likeness (QED) is 0.177. The highest BCUT2D eigenvalue weighted by Gasteiger charge is 2.18. The SMILES string of the molecule is CCCCCCCC/C=C/CCCCCCC(=O)NCCCC[C@@H](C(=O)O)N(C)C. The Balaban J connectivity index is 3.41. The highest BCUT2D eigenvalue weighted by molar-refractivity contribution is 5.75. The van der Waals surface area contributed by atoms with Crippen molar-refractivity contribution < 1.29 is 14.7 Å². The van der Waals surface area contributed by atoms with Gasteiger partial charge >= 0.3 is 5.97 Å². The van der Waals surface area contributed by atoms with Gasteiger partial charge in [0.1, 0.15) is 6.04 Å². The zero-order valence-electron chi connectivity index (χ0n) is 20.0. The molecule has 0 aromatic carbocycles. The van der Waals surface area contributed by atoms with Gasteiger partial charge in [0.25, 0.3) is 0 Å². The van der Waals surface area contributed by atoms with Gasteiger partial charge in [0.05, 0.1) is 0 Å². The van der Waals surface area contributed by atoms with E-state index in [1.807, 2.05) is 0 Å². The second kappa shape index (κ2) is 20.9. The van der Waals surface area contributed by atoms with Crippen molar-refractivity contribution in [2.75, 3.05) is 20.6 Å². The van der Waals surface area contributed by atoms with Gasteiger partial charge in [0, 0.05) is 13.0 Å². The van der Waals surface area contributed by atoms with Crippen molar-refractivity contribution in [2.45, 2.75) is 116 Å². The van der Waals surface area contributed by atoms with E-state index in [1.165, 1.54) is 57.8 Å². The van der Waals surface area contributed by atoms with Gasteiger partial charge in [-0.3, -0.25) is 14.5 Å². The zero-order valence-corrected chi connectivity index (χ0v) is 20.0. The maximum atomic E-state index is 11.9. The van der Waals surface area contributed by atoms with Crippen LogP contribution in [0.3, 0.4) is 0 Å². The fourth-order valence-corrected chi connectivity index (χ4v) is 3.56. The number of nitrogens with one attached hydrogen (secondary N) is 1. The summed E-state index contributed by atoms with van der Waals surface area (Å²) >= 11 is 0. The number of unbranched alkanes of at least 4 members (excludes halogenated alkanes) is 11. The number of carbonyl (C=O) groups is 2. The number of hydrogen-bond acceptors (Lipinski definition) is 3. The van der Waals surface area contributed by atoms with E-state index in [2.05, 4.69) is 24.4 Å². The van der Waals surface area contributed by atoms with Crippen LogP contribution in [0.25, 0.3) is 0 Å². The molecule has 5 heteroatoms. The van der Waals surface area contributed by atoms with Crippen LogP contribution in [0, 0.1) is 0 Å². The molecule has 0 aromatic rings. The summed E-state index contributed by atoms with van der Waals surface area (Å²) in [5.74, 6) is -0.659. The normalized spacial score (nSPS) is 12.5. The van der Waals surface area contributed by atoms with E-state index in [0.29, 0.717) is 19.4 Å². The van der Waals surface area contributed by atoms with Gasteiger partial charge < -0.3 is 10.4 Å². The van der Waals surface area contributed by atoms with E-state index in [-0.39, 0.29) is 5.91 Å². The Hall–Kier alpha value is -1.36. The van der Waals surface area contributed by atoms with E-state index < -0.39 is 12.0 Å². The van der Waals surface area contributed by atoms with Crippen molar-refractivity contribution in [1.29, 1.82) is 0 Å². The highest BCUT2D eigenvalue weighted by Crippen LogP contribution is 2.09. The van der Waals surface area contributed by atoms with Crippen LogP contribution in [-0.4, -0.2) is 48.6 Å². The third kappa shape index (κ3) is 18.7. The minimum Gasteiger partial charge on any atom is -0.480 e. The third-order valence-corrected chi connectivity index (χ3v) is 5.55. The molecule has 0 saturated heterocycles. The van der Waals surface area contributed by atoms with Crippen LogP contribution in [0.4, 0.5) is 0 Å². The average molecular weight is 425 g/mol. The summed E-state index contributed by atoms with van der Waals surface area (Å²) in [6.07, 6.45) is 22.5. The number of rotatable bonds is 21. The molecule has 1 atom stereocenters. The van der Waals surface area contributed by atoms with Crippen LogP contribution in [0.15, 0.2) is 12.2 Å². The fourth-order valence-electron chi connectivity index (χ4n) is 3.56. The largest absolute Gasteiger partial charge is 0.480 e. The lowest BCUT2D eigenvalue weighted by Crippen LogP contribution is -2.35. The number of aliphatic carboxylic acids is 1. The average Bonchev–Trinajstić information content (AvgIpc) is 2.70. The predicted molar refractivity (Wildman–Crippen MR) is 127 cm³/mol. The van der Waals surface area contributed by atoms with Gasteiger partial charge in [-0.2, -0.15) is 0 Å². The molecule has 0 heterocycles. The van der Waals surface area contributed by atoms with Crippen molar-refractivity contribution in [3.05, 3.63) is 12.2 Å². The summed E-state index contributed by atoms with van der Waals surface area (Å²) in [7, 11) is 3.57. The first-order valence-electron chi connectivity index (χ1n) is 12.3.